The van der Waals surface area contributed by atoms with E-state index >= 15 is 0 Å². The summed E-state index contributed by atoms with van der Waals surface area (Å²) in [4.78, 5) is 13.7. The predicted octanol–water partition coefficient (Wildman–Crippen LogP) is 1.76. The van der Waals surface area contributed by atoms with Crippen LogP contribution in [0.2, 0.25) is 0 Å². The standard InChI is InChI=1S/C12H20N2O2/c1-3-5-11(13)12(15)14(4-2)8-10-6-7-16-9-10/h6-7,9,11H,3-5,8,13H2,1-2H3/t11-/m1/s1. The molecule has 0 aliphatic heterocycles. The number of carbonyl (C=O) groups excluding carboxylic acids is 1. The lowest BCUT2D eigenvalue weighted by Crippen LogP contribution is -2.43. The van der Waals surface area contributed by atoms with Crippen LogP contribution >= 0.6 is 0 Å². The normalized spacial score (nSPS) is 12.4. The van der Waals surface area contributed by atoms with Gasteiger partial charge in [0.2, 0.25) is 5.91 Å². The van der Waals surface area contributed by atoms with Gasteiger partial charge in [0.05, 0.1) is 18.6 Å². The van der Waals surface area contributed by atoms with Gasteiger partial charge >= 0.3 is 0 Å². The average Bonchev–Trinajstić information content (AvgIpc) is 2.78. The molecule has 1 rings (SSSR count). The summed E-state index contributed by atoms with van der Waals surface area (Å²) in [5.74, 6) is 0.0190. The minimum atomic E-state index is -0.378. The van der Waals surface area contributed by atoms with Crippen molar-refractivity contribution in [3.8, 4) is 0 Å². The second-order valence-electron chi connectivity index (χ2n) is 3.88. The number of rotatable bonds is 6. The highest BCUT2D eigenvalue weighted by Crippen LogP contribution is 2.08. The zero-order valence-corrected chi connectivity index (χ0v) is 9.98. The summed E-state index contributed by atoms with van der Waals surface area (Å²) >= 11 is 0. The maximum Gasteiger partial charge on any atom is 0.239 e. The topological polar surface area (TPSA) is 59.5 Å². The van der Waals surface area contributed by atoms with Gasteiger partial charge in [-0.2, -0.15) is 0 Å². The fourth-order valence-electron chi connectivity index (χ4n) is 1.62. The Kier molecular flexibility index (Phi) is 5.05. The second-order valence-corrected chi connectivity index (χ2v) is 3.88. The Bertz CT molecular complexity index is 309. The van der Waals surface area contributed by atoms with E-state index in [0.717, 1.165) is 18.4 Å². The fraction of sp³-hybridized carbons (Fsp3) is 0.583. The summed E-state index contributed by atoms with van der Waals surface area (Å²) in [6.45, 7) is 5.22. The van der Waals surface area contributed by atoms with Crippen LogP contribution in [0.4, 0.5) is 0 Å². The first-order valence-electron chi connectivity index (χ1n) is 5.74. The number of amides is 1. The van der Waals surface area contributed by atoms with E-state index in [1.165, 1.54) is 0 Å². The third-order valence-corrected chi connectivity index (χ3v) is 2.56. The van der Waals surface area contributed by atoms with E-state index in [1.54, 1.807) is 17.4 Å². The van der Waals surface area contributed by atoms with Crippen LogP contribution < -0.4 is 5.73 Å². The van der Waals surface area contributed by atoms with Crippen molar-refractivity contribution in [2.75, 3.05) is 6.54 Å². The Morgan fingerprint density at radius 2 is 2.31 bits per heavy atom. The monoisotopic (exact) mass is 224 g/mol. The van der Waals surface area contributed by atoms with E-state index in [2.05, 4.69) is 0 Å². The predicted molar refractivity (Wildman–Crippen MR) is 62.7 cm³/mol. The molecule has 4 nitrogen and oxygen atoms in total. The van der Waals surface area contributed by atoms with Crippen molar-refractivity contribution < 1.29 is 9.21 Å². The molecule has 0 saturated carbocycles. The summed E-state index contributed by atoms with van der Waals surface area (Å²) in [6, 6.07) is 1.48. The van der Waals surface area contributed by atoms with E-state index in [1.807, 2.05) is 19.9 Å². The van der Waals surface area contributed by atoms with Gasteiger partial charge in [-0.3, -0.25) is 4.79 Å². The zero-order chi connectivity index (χ0) is 12.0. The first-order valence-corrected chi connectivity index (χ1v) is 5.74. The smallest absolute Gasteiger partial charge is 0.239 e. The number of hydrogen-bond donors (Lipinski definition) is 1. The fourth-order valence-corrected chi connectivity index (χ4v) is 1.62. The van der Waals surface area contributed by atoms with Gasteiger partial charge in [0.25, 0.3) is 0 Å². The summed E-state index contributed by atoms with van der Waals surface area (Å²) in [5, 5.41) is 0. The van der Waals surface area contributed by atoms with Crippen molar-refractivity contribution in [2.24, 2.45) is 5.73 Å². The van der Waals surface area contributed by atoms with E-state index in [-0.39, 0.29) is 11.9 Å². The van der Waals surface area contributed by atoms with Crippen LogP contribution in [-0.2, 0) is 11.3 Å². The molecule has 0 radical (unpaired) electrons. The van der Waals surface area contributed by atoms with E-state index in [9.17, 15) is 4.79 Å². The Labute approximate surface area is 96.4 Å². The number of likely N-dealkylation sites (N-methyl/N-ethyl adjacent to an activating group) is 1. The Hall–Kier alpha value is -1.29. The van der Waals surface area contributed by atoms with Gasteiger partial charge in [-0.05, 0) is 19.4 Å². The van der Waals surface area contributed by atoms with Crippen LogP contribution in [0.5, 0.6) is 0 Å². The zero-order valence-electron chi connectivity index (χ0n) is 9.98. The SMILES string of the molecule is CCC[C@@H](N)C(=O)N(CC)Cc1ccoc1. The minimum absolute atomic E-state index is 0.0190. The molecule has 0 spiro atoms. The van der Waals surface area contributed by atoms with Crippen molar-refractivity contribution in [3.05, 3.63) is 24.2 Å². The van der Waals surface area contributed by atoms with Crippen molar-refractivity contribution >= 4 is 5.91 Å². The number of carbonyl (C=O) groups is 1. The van der Waals surface area contributed by atoms with Crippen LogP contribution in [0, 0.1) is 0 Å². The molecule has 1 aromatic rings. The first kappa shape index (κ1) is 12.8. The van der Waals surface area contributed by atoms with E-state index in [4.69, 9.17) is 10.2 Å². The third kappa shape index (κ3) is 3.38. The molecule has 1 atom stereocenters. The molecule has 0 aromatic carbocycles. The summed E-state index contributed by atoms with van der Waals surface area (Å²) in [5.41, 5.74) is 6.82. The minimum Gasteiger partial charge on any atom is -0.472 e. The van der Waals surface area contributed by atoms with E-state index in [0.29, 0.717) is 13.1 Å². The van der Waals surface area contributed by atoms with E-state index < -0.39 is 0 Å². The summed E-state index contributed by atoms with van der Waals surface area (Å²) < 4.78 is 4.98. The van der Waals surface area contributed by atoms with Crippen molar-refractivity contribution in [3.63, 3.8) is 0 Å². The molecule has 2 N–H and O–H groups in total. The van der Waals surface area contributed by atoms with Gasteiger partial charge in [0, 0.05) is 18.7 Å². The highest BCUT2D eigenvalue weighted by atomic mass is 16.3. The van der Waals surface area contributed by atoms with Gasteiger partial charge in [0.1, 0.15) is 0 Å². The van der Waals surface area contributed by atoms with Crippen LogP contribution in [0.1, 0.15) is 32.3 Å². The highest BCUT2D eigenvalue weighted by molar-refractivity contribution is 5.81. The number of nitrogens with two attached hydrogens (primary N) is 1. The van der Waals surface area contributed by atoms with Crippen LogP contribution in [0.3, 0.4) is 0 Å². The largest absolute Gasteiger partial charge is 0.472 e. The average molecular weight is 224 g/mol. The van der Waals surface area contributed by atoms with Gasteiger partial charge in [-0.1, -0.05) is 13.3 Å². The molecule has 90 valence electrons. The maximum atomic E-state index is 12.0. The molecule has 1 heterocycles. The highest BCUT2D eigenvalue weighted by Gasteiger charge is 2.19. The van der Waals surface area contributed by atoms with Gasteiger partial charge in [-0.15, -0.1) is 0 Å². The molecular weight excluding hydrogens is 204 g/mol. The molecule has 1 aromatic heterocycles. The Morgan fingerprint density at radius 3 is 2.81 bits per heavy atom. The molecule has 0 aliphatic rings. The molecule has 0 bridgehead atoms. The number of furan rings is 1. The molecular formula is C12H20N2O2. The molecule has 4 heteroatoms. The first-order chi connectivity index (χ1) is 7.69. The second kappa shape index (κ2) is 6.33. The molecule has 0 saturated heterocycles. The van der Waals surface area contributed by atoms with Gasteiger partial charge in [0.15, 0.2) is 0 Å². The summed E-state index contributed by atoms with van der Waals surface area (Å²) in [6.07, 6.45) is 4.93. The van der Waals surface area contributed by atoms with Gasteiger partial charge < -0.3 is 15.1 Å². The lowest BCUT2D eigenvalue weighted by Gasteiger charge is -2.23. The molecule has 16 heavy (non-hydrogen) atoms. The molecule has 0 aliphatic carbocycles. The van der Waals surface area contributed by atoms with Crippen LogP contribution in [0.15, 0.2) is 23.0 Å². The lowest BCUT2D eigenvalue weighted by molar-refractivity contribution is -0.133. The maximum absolute atomic E-state index is 12.0. The third-order valence-electron chi connectivity index (χ3n) is 2.56. The molecule has 1 amide bonds. The van der Waals surface area contributed by atoms with Crippen LogP contribution in [0.25, 0.3) is 0 Å². The number of hydrogen-bond acceptors (Lipinski definition) is 3. The molecule has 0 fully saturated rings. The molecule has 0 unspecified atom stereocenters. The van der Waals surface area contributed by atoms with Crippen molar-refractivity contribution in [1.29, 1.82) is 0 Å². The van der Waals surface area contributed by atoms with Crippen molar-refractivity contribution in [2.45, 2.75) is 39.3 Å². The van der Waals surface area contributed by atoms with Crippen LogP contribution in [-0.4, -0.2) is 23.4 Å². The van der Waals surface area contributed by atoms with Crippen molar-refractivity contribution in [1.82, 2.24) is 4.90 Å². The Morgan fingerprint density at radius 1 is 1.56 bits per heavy atom. The number of nitrogens with zero attached hydrogens (tertiary/aromatic N) is 1. The Balaban J connectivity index is 2.56. The van der Waals surface area contributed by atoms with Gasteiger partial charge in [-0.25, -0.2) is 0 Å². The lowest BCUT2D eigenvalue weighted by atomic mass is 10.1. The quantitative estimate of drug-likeness (QED) is 0.801. The summed E-state index contributed by atoms with van der Waals surface area (Å²) in [7, 11) is 0.